The Labute approximate surface area is 239 Å². The Morgan fingerprint density at radius 3 is 2.32 bits per heavy atom. The van der Waals surface area contributed by atoms with Crippen molar-refractivity contribution in [1.29, 1.82) is 0 Å². The van der Waals surface area contributed by atoms with Crippen LogP contribution >= 0.6 is 0 Å². The number of nitrogens with zero attached hydrogens (tertiary/aromatic N) is 4. The van der Waals surface area contributed by atoms with Crippen molar-refractivity contribution < 1.29 is 28.5 Å². The lowest BCUT2D eigenvalue weighted by atomic mass is 10.1. The van der Waals surface area contributed by atoms with Crippen LogP contribution in [0.3, 0.4) is 0 Å². The fourth-order valence-corrected chi connectivity index (χ4v) is 6.07. The first-order chi connectivity index (χ1) is 20.1. The molecule has 216 valence electrons. The fourth-order valence-electron chi connectivity index (χ4n) is 6.07. The maximum Gasteiger partial charge on any atom is 0.256 e. The van der Waals surface area contributed by atoms with Crippen molar-refractivity contribution in [2.24, 2.45) is 9.98 Å². The van der Waals surface area contributed by atoms with Gasteiger partial charge in [-0.1, -0.05) is 0 Å². The molecule has 4 heterocycles. The molecule has 10 heteroatoms. The third-order valence-corrected chi connectivity index (χ3v) is 8.29. The average molecular weight is 561 g/mol. The maximum absolute atomic E-state index is 13.1. The number of aliphatic imine (C=N–C) groups is 2. The SMILES string of the molecule is COc1ccc2c(c1)N=C[C@@H]1C(OCCCCCOC3=Nc4cc(OC)ccc4C(=O)N4CCC[C@@H]34)CCN1C2=O. The number of fused-ring (bicyclic) bond motifs is 4. The molecule has 0 radical (unpaired) electrons. The largest absolute Gasteiger partial charge is 0.497 e. The number of methoxy groups -OCH3 is 2. The number of hydrogen-bond acceptors (Lipinski definition) is 8. The van der Waals surface area contributed by atoms with Crippen LogP contribution in [0.4, 0.5) is 11.4 Å². The van der Waals surface area contributed by atoms with Gasteiger partial charge in [0.2, 0.25) is 5.90 Å². The number of benzene rings is 2. The number of carbonyl (C=O) groups excluding carboxylic acids is 2. The van der Waals surface area contributed by atoms with E-state index >= 15 is 0 Å². The van der Waals surface area contributed by atoms with Gasteiger partial charge in [0.25, 0.3) is 11.8 Å². The molecule has 0 N–H and O–H groups in total. The zero-order valence-electron chi connectivity index (χ0n) is 23.6. The summed E-state index contributed by atoms with van der Waals surface area (Å²) in [4.78, 5) is 39.4. The first-order valence-corrected chi connectivity index (χ1v) is 14.4. The molecule has 2 saturated heterocycles. The Balaban J connectivity index is 0.990. The van der Waals surface area contributed by atoms with Crippen LogP contribution in [-0.2, 0) is 9.47 Å². The predicted octanol–water partition coefficient (Wildman–Crippen LogP) is 4.55. The summed E-state index contributed by atoms with van der Waals surface area (Å²) in [5.41, 5.74) is 2.41. The Kier molecular flexibility index (Phi) is 7.91. The van der Waals surface area contributed by atoms with Gasteiger partial charge in [-0.2, -0.15) is 0 Å². The standard InChI is InChI=1S/C31H36N4O6/c1-38-20-8-10-22-24(17-20)32-19-27-28(12-14-35(27)30(22)36)40-15-4-3-5-16-41-29-26-7-6-13-34(26)31(37)23-11-9-21(39-2)18-25(23)33-29/h8-11,17-19,26-28H,3-7,12-16H2,1-2H3/t26-,27+,28?/m0/s1. The molecule has 4 aliphatic rings. The summed E-state index contributed by atoms with van der Waals surface area (Å²) in [7, 11) is 3.21. The van der Waals surface area contributed by atoms with Crippen LogP contribution in [0, 0.1) is 0 Å². The molecule has 4 aliphatic heterocycles. The highest BCUT2D eigenvalue weighted by atomic mass is 16.5. The van der Waals surface area contributed by atoms with Crippen LogP contribution in [0.1, 0.15) is 59.2 Å². The highest BCUT2D eigenvalue weighted by Gasteiger charge is 2.40. The first kappa shape index (κ1) is 27.3. The van der Waals surface area contributed by atoms with Crippen LogP contribution in [0.5, 0.6) is 11.5 Å². The van der Waals surface area contributed by atoms with E-state index in [0.29, 0.717) is 66.2 Å². The van der Waals surface area contributed by atoms with E-state index in [4.69, 9.17) is 23.9 Å². The van der Waals surface area contributed by atoms with Crippen molar-refractivity contribution in [3.05, 3.63) is 47.5 Å². The quantitative estimate of drug-likeness (QED) is 0.417. The molecule has 6 rings (SSSR count). The monoisotopic (exact) mass is 560 g/mol. The van der Waals surface area contributed by atoms with E-state index in [1.807, 2.05) is 16.0 Å². The normalized spacial score (nSPS) is 22.8. The molecule has 41 heavy (non-hydrogen) atoms. The van der Waals surface area contributed by atoms with Crippen molar-refractivity contribution in [2.75, 3.05) is 40.5 Å². The van der Waals surface area contributed by atoms with Gasteiger partial charge in [0.1, 0.15) is 17.5 Å². The lowest BCUT2D eigenvalue weighted by Crippen LogP contribution is -2.40. The smallest absolute Gasteiger partial charge is 0.256 e. The van der Waals surface area contributed by atoms with Crippen molar-refractivity contribution >= 4 is 35.3 Å². The Morgan fingerprint density at radius 2 is 1.54 bits per heavy atom. The van der Waals surface area contributed by atoms with Crippen LogP contribution in [-0.4, -0.2) is 92.4 Å². The number of rotatable bonds is 9. The number of hydrogen-bond donors (Lipinski definition) is 0. The fraction of sp³-hybridized carbons (Fsp3) is 0.484. The van der Waals surface area contributed by atoms with E-state index < -0.39 is 0 Å². The second kappa shape index (κ2) is 11.9. The summed E-state index contributed by atoms with van der Waals surface area (Å²) in [5.74, 6) is 1.94. The van der Waals surface area contributed by atoms with E-state index in [1.165, 1.54) is 0 Å². The Bertz CT molecular complexity index is 1370. The van der Waals surface area contributed by atoms with E-state index in [1.54, 1.807) is 50.6 Å². The summed E-state index contributed by atoms with van der Waals surface area (Å²) in [6, 6.07) is 10.5. The zero-order valence-corrected chi connectivity index (χ0v) is 23.6. The maximum atomic E-state index is 13.1. The minimum absolute atomic E-state index is 0.000787. The average Bonchev–Trinajstić information content (AvgIpc) is 3.60. The van der Waals surface area contributed by atoms with Gasteiger partial charge in [0.05, 0.1) is 55.5 Å². The Morgan fingerprint density at radius 1 is 0.829 bits per heavy atom. The number of carbonyl (C=O) groups is 2. The molecule has 0 bridgehead atoms. The predicted molar refractivity (Wildman–Crippen MR) is 154 cm³/mol. The summed E-state index contributed by atoms with van der Waals surface area (Å²) < 4.78 is 23.1. The van der Waals surface area contributed by atoms with Crippen LogP contribution < -0.4 is 9.47 Å². The highest BCUT2D eigenvalue weighted by molar-refractivity contribution is 6.05. The van der Waals surface area contributed by atoms with E-state index in [9.17, 15) is 9.59 Å². The molecule has 0 spiro atoms. The van der Waals surface area contributed by atoms with E-state index in [-0.39, 0.29) is 30.0 Å². The van der Waals surface area contributed by atoms with Gasteiger partial charge in [0.15, 0.2) is 0 Å². The van der Waals surface area contributed by atoms with Gasteiger partial charge < -0.3 is 28.7 Å². The third-order valence-electron chi connectivity index (χ3n) is 8.29. The molecular weight excluding hydrogens is 524 g/mol. The molecule has 1 unspecified atom stereocenters. The van der Waals surface area contributed by atoms with Crippen molar-refractivity contribution in [3.63, 3.8) is 0 Å². The highest BCUT2D eigenvalue weighted by Crippen LogP contribution is 2.34. The number of unbranched alkanes of at least 4 members (excludes halogenated alkanes) is 2. The van der Waals surface area contributed by atoms with Gasteiger partial charge >= 0.3 is 0 Å². The molecule has 2 aromatic carbocycles. The summed E-state index contributed by atoms with van der Waals surface area (Å²) >= 11 is 0. The zero-order chi connectivity index (χ0) is 28.3. The topological polar surface area (TPSA) is 102 Å². The second-order valence-electron chi connectivity index (χ2n) is 10.7. The van der Waals surface area contributed by atoms with Crippen LogP contribution in [0.25, 0.3) is 0 Å². The van der Waals surface area contributed by atoms with Gasteiger partial charge in [0, 0.05) is 38.0 Å². The lowest BCUT2D eigenvalue weighted by molar-refractivity contribution is 0.0401. The van der Waals surface area contributed by atoms with Crippen molar-refractivity contribution in [3.8, 4) is 11.5 Å². The van der Waals surface area contributed by atoms with Crippen LogP contribution in [0.2, 0.25) is 0 Å². The third kappa shape index (κ3) is 5.40. The minimum Gasteiger partial charge on any atom is -0.497 e. The van der Waals surface area contributed by atoms with Crippen molar-refractivity contribution in [1.82, 2.24) is 9.80 Å². The molecule has 0 saturated carbocycles. The van der Waals surface area contributed by atoms with Gasteiger partial charge in [-0.15, -0.1) is 0 Å². The second-order valence-corrected chi connectivity index (χ2v) is 10.7. The van der Waals surface area contributed by atoms with E-state index in [0.717, 1.165) is 38.5 Å². The summed E-state index contributed by atoms with van der Waals surface area (Å²) in [6.45, 7) is 2.50. The van der Waals surface area contributed by atoms with Gasteiger partial charge in [-0.3, -0.25) is 14.6 Å². The Hall–Kier alpha value is -3.92. The number of ether oxygens (including phenoxy) is 4. The molecule has 2 amide bonds. The molecule has 2 fully saturated rings. The molecule has 0 aliphatic carbocycles. The molecule has 3 atom stereocenters. The summed E-state index contributed by atoms with van der Waals surface area (Å²) in [6.07, 6.45) is 7.03. The first-order valence-electron chi connectivity index (χ1n) is 14.4. The van der Waals surface area contributed by atoms with E-state index in [2.05, 4.69) is 4.99 Å². The molecule has 10 nitrogen and oxygen atoms in total. The molecule has 2 aromatic rings. The number of amides is 2. The minimum atomic E-state index is -0.170. The van der Waals surface area contributed by atoms with Crippen LogP contribution in [0.15, 0.2) is 46.4 Å². The summed E-state index contributed by atoms with van der Waals surface area (Å²) in [5, 5.41) is 0. The van der Waals surface area contributed by atoms with Gasteiger partial charge in [-0.05, 0) is 62.8 Å². The molecular formula is C31H36N4O6. The van der Waals surface area contributed by atoms with Crippen molar-refractivity contribution in [2.45, 2.75) is 56.7 Å². The lowest BCUT2D eigenvalue weighted by Gasteiger charge is -2.24. The molecule has 0 aromatic heterocycles. The van der Waals surface area contributed by atoms with Gasteiger partial charge in [-0.25, -0.2) is 4.99 Å².